The summed E-state index contributed by atoms with van der Waals surface area (Å²) < 4.78 is 26.0. The number of nitro benzene ring substituents is 1. The van der Waals surface area contributed by atoms with E-state index in [0.717, 1.165) is 6.08 Å². The van der Waals surface area contributed by atoms with Gasteiger partial charge in [-0.25, -0.2) is 8.78 Å². The Labute approximate surface area is 123 Å². The standard InChI is InChI=1S/C14H12F2N2O4/c1-8-6-9(2-3-11(8)18(21)22)17-13(20)10-4-5-14(15,16)7-12(10)19/h2-6,19H,7H2,1H3,(H,17,20). The number of alkyl halides is 2. The molecule has 0 saturated carbocycles. The molecule has 0 bridgehead atoms. The van der Waals surface area contributed by atoms with Gasteiger partial charge in [0.2, 0.25) is 0 Å². The highest BCUT2D eigenvalue weighted by molar-refractivity contribution is 6.06. The zero-order valence-electron chi connectivity index (χ0n) is 11.5. The molecule has 0 spiro atoms. The van der Waals surface area contributed by atoms with Crippen molar-refractivity contribution >= 4 is 17.3 Å². The number of carbonyl (C=O) groups is 1. The molecule has 1 aliphatic rings. The van der Waals surface area contributed by atoms with Gasteiger partial charge in [0.1, 0.15) is 5.76 Å². The van der Waals surface area contributed by atoms with Crippen molar-refractivity contribution in [2.45, 2.75) is 19.3 Å². The molecule has 0 aromatic heterocycles. The van der Waals surface area contributed by atoms with Crippen molar-refractivity contribution in [2.75, 3.05) is 5.32 Å². The van der Waals surface area contributed by atoms with Gasteiger partial charge in [-0.05, 0) is 31.2 Å². The average Bonchev–Trinajstić information content (AvgIpc) is 2.36. The summed E-state index contributed by atoms with van der Waals surface area (Å²) in [5.74, 6) is -4.65. The smallest absolute Gasteiger partial charge is 0.273 e. The number of amides is 1. The number of nitro groups is 1. The first-order valence-electron chi connectivity index (χ1n) is 6.25. The van der Waals surface area contributed by atoms with Crippen molar-refractivity contribution in [3.8, 4) is 0 Å². The van der Waals surface area contributed by atoms with Crippen LogP contribution in [0.1, 0.15) is 12.0 Å². The molecular weight excluding hydrogens is 298 g/mol. The minimum absolute atomic E-state index is 0.0998. The van der Waals surface area contributed by atoms with Crippen LogP contribution in [0, 0.1) is 17.0 Å². The van der Waals surface area contributed by atoms with Crippen molar-refractivity contribution in [1.82, 2.24) is 0 Å². The van der Waals surface area contributed by atoms with Crippen LogP contribution in [0.2, 0.25) is 0 Å². The second-order valence-corrected chi connectivity index (χ2v) is 4.84. The summed E-state index contributed by atoms with van der Waals surface area (Å²) in [7, 11) is 0. The number of carbonyl (C=O) groups excluding carboxylic acids is 1. The second-order valence-electron chi connectivity index (χ2n) is 4.84. The summed E-state index contributed by atoms with van der Waals surface area (Å²) in [5.41, 5.74) is 0.241. The fraction of sp³-hybridized carbons (Fsp3) is 0.214. The van der Waals surface area contributed by atoms with E-state index in [1.807, 2.05) is 0 Å². The minimum atomic E-state index is -3.18. The lowest BCUT2D eigenvalue weighted by atomic mass is 10.0. The van der Waals surface area contributed by atoms with Gasteiger partial charge in [0.25, 0.3) is 17.5 Å². The molecule has 0 unspecified atom stereocenters. The monoisotopic (exact) mass is 310 g/mol. The van der Waals surface area contributed by atoms with Crippen LogP contribution in [0.4, 0.5) is 20.2 Å². The van der Waals surface area contributed by atoms with E-state index in [9.17, 15) is 28.8 Å². The van der Waals surface area contributed by atoms with Gasteiger partial charge >= 0.3 is 0 Å². The topological polar surface area (TPSA) is 92.5 Å². The fourth-order valence-electron chi connectivity index (χ4n) is 2.02. The number of aryl methyl sites for hydroxylation is 1. The molecule has 1 aromatic carbocycles. The molecule has 116 valence electrons. The number of anilines is 1. The highest BCUT2D eigenvalue weighted by Gasteiger charge is 2.33. The third kappa shape index (κ3) is 3.27. The summed E-state index contributed by atoms with van der Waals surface area (Å²) in [6.45, 7) is 1.51. The van der Waals surface area contributed by atoms with Crippen LogP contribution >= 0.6 is 0 Å². The molecule has 0 radical (unpaired) electrons. The van der Waals surface area contributed by atoms with Gasteiger partial charge in [-0.15, -0.1) is 0 Å². The number of rotatable bonds is 3. The Morgan fingerprint density at radius 1 is 1.45 bits per heavy atom. The molecule has 1 amide bonds. The number of nitrogens with one attached hydrogen (secondary N) is 1. The van der Waals surface area contributed by atoms with E-state index in [-0.39, 0.29) is 16.9 Å². The van der Waals surface area contributed by atoms with Crippen LogP contribution in [0.3, 0.4) is 0 Å². The predicted octanol–water partition coefficient (Wildman–Crippen LogP) is 3.25. The summed E-state index contributed by atoms with van der Waals surface area (Å²) in [5, 5.41) is 22.6. The molecule has 1 aliphatic carbocycles. The van der Waals surface area contributed by atoms with E-state index in [1.54, 1.807) is 0 Å². The van der Waals surface area contributed by atoms with Gasteiger partial charge in [-0.3, -0.25) is 14.9 Å². The van der Waals surface area contributed by atoms with E-state index in [1.165, 1.54) is 25.1 Å². The van der Waals surface area contributed by atoms with Crippen LogP contribution in [-0.4, -0.2) is 21.9 Å². The second kappa shape index (κ2) is 5.55. The third-order valence-electron chi connectivity index (χ3n) is 3.10. The third-order valence-corrected chi connectivity index (χ3v) is 3.10. The largest absolute Gasteiger partial charge is 0.511 e. The molecule has 6 nitrogen and oxygen atoms in total. The Bertz CT molecular complexity index is 711. The van der Waals surface area contributed by atoms with E-state index in [0.29, 0.717) is 11.6 Å². The molecule has 1 aromatic rings. The van der Waals surface area contributed by atoms with E-state index >= 15 is 0 Å². The summed E-state index contributed by atoms with van der Waals surface area (Å²) in [6, 6.07) is 3.93. The van der Waals surface area contributed by atoms with Crippen molar-refractivity contribution in [1.29, 1.82) is 0 Å². The maximum atomic E-state index is 13.0. The first kappa shape index (κ1) is 15.6. The van der Waals surface area contributed by atoms with E-state index < -0.39 is 28.9 Å². The Hall–Kier alpha value is -2.77. The van der Waals surface area contributed by atoms with Gasteiger partial charge in [-0.2, -0.15) is 0 Å². The minimum Gasteiger partial charge on any atom is -0.511 e. The van der Waals surface area contributed by atoms with Crippen LogP contribution in [0.15, 0.2) is 41.7 Å². The number of halogens is 2. The zero-order chi connectivity index (χ0) is 16.5. The predicted molar refractivity (Wildman–Crippen MR) is 74.8 cm³/mol. The van der Waals surface area contributed by atoms with Crippen LogP contribution in [0.25, 0.3) is 0 Å². The number of nitrogens with zero attached hydrogens (tertiary/aromatic N) is 1. The number of aliphatic hydroxyl groups is 1. The van der Waals surface area contributed by atoms with Crippen molar-refractivity contribution < 1.29 is 23.6 Å². The number of hydrogen-bond donors (Lipinski definition) is 2. The lowest BCUT2D eigenvalue weighted by molar-refractivity contribution is -0.385. The first-order chi connectivity index (χ1) is 10.2. The highest BCUT2D eigenvalue weighted by atomic mass is 19.3. The first-order valence-corrected chi connectivity index (χ1v) is 6.25. The summed E-state index contributed by atoms with van der Waals surface area (Å²) >= 11 is 0. The lowest BCUT2D eigenvalue weighted by Crippen LogP contribution is -2.23. The number of hydrogen-bond acceptors (Lipinski definition) is 4. The SMILES string of the molecule is Cc1cc(NC(=O)C2=C(O)CC(F)(F)C=C2)ccc1[N+](=O)[O-]. The maximum Gasteiger partial charge on any atom is 0.273 e. The molecule has 2 rings (SSSR count). The number of aliphatic hydroxyl groups excluding tert-OH is 1. The molecule has 8 heteroatoms. The van der Waals surface area contributed by atoms with Crippen molar-refractivity contribution in [3.63, 3.8) is 0 Å². The van der Waals surface area contributed by atoms with Gasteiger partial charge in [-0.1, -0.05) is 0 Å². The molecule has 2 N–H and O–H groups in total. The highest BCUT2D eigenvalue weighted by Crippen LogP contribution is 2.31. The normalized spacial score (nSPS) is 16.5. The molecule has 0 fully saturated rings. The van der Waals surface area contributed by atoms with Gasteiger partial charge in [0, 0.05) is 17.3 Å². The Balaban J connectivity index is 2.18. The van der Waals surface area contributed by atoms with Crippen LogP contribution in [0.5, 0.6) is 0 Å². The van der Waals surface area contributed by atoms with Crippen LogP contribution in [-0.2, 0) is 4.79 Å². The zero-order valence-corrected chi connectivity index (χ0v) is 11.5. The van der Waals surface area contributed by atoms with Gasteiger partial charge < -0.3 is 10.4 Å². The van der Waals surface area contributed by atoms with E-state index in [4.69, 9.17) is 0 Å². The quantitative estimate of drug-likeness (QED) is 0.662. The number of benzene rings is 1. The molecule has 0 atom stereocenters. The summed E-state index contributed by atoms with van der Waals surface area (Å²) in [4.78, 5) is 22.1. The van der Waals surface area contributed by atoms with Crippen molar-refractivity contribution in [2.24, 2.45) is 0 Å². The van der Waals surface area contributed by atoms with Gasteiger partial charge in [0.15, 0.2) is 0 Å². The van der Waals surface area contributed by atoms with Gasteiger partial charge in [0.05, 0.1) is 16.9 Å². The summed E-state index contributed by atoms with van der Waals surface area (Å²) in [6.07, 6.45) is 0.459. The Kier molecular flexibility index (Phi) is 3.94. The van der Waals surface area contributed by atoms with Crippen molar-refractivity contribution in [3.05, 3.63) is 57.4 Å². The Morgan fingerprint density at radius 2 is 2.14 bits per heavy atom. The molecule has 0 heterocycles. The average molecular weight is 310 g/mol. The molecule has 0 aliphatic heterocycles. The van der Waals surface area contributed by atoms with E-state index in [2.05, 4.69) is 5.32 Å². The molecule has 22 heavy (non-hydrogen) atoms. The number of allylic oxidation sites excluding steroid dienone is 2. The lowest BCUT2D eigenvalue weighted by Gasteiger charge is -2.18. The van der Waals surface area contributed by atoms with Crippen LogP contribution < -0.4 is 5.32 Å². The Morgan fingerprint density at radius 3 is 2.68 bits per heavy atom. The molecular formula is C14H12F2N2O4. The molecule has 0 saturated heterocycles. The fourth-order valence-corrected chi connectivity index (χ4v) is 2.02. The maximum absolute atomic E-state index is 13.0.